The fourth-order valence-corrected chi connectivity index (χ4v) is 1.84. The molecule has 0 unspecified atom stereocenters. The molecule has 0 bridgehead atoms. The van der Waals surface area contributed by atoms with Crippen LogP contribution in [0.4, 0.5) is 13.2 Å². The van der Waals surface area contributed by atoms with Crippen LogP contribution < -0.4 is 0 Å². The van der Waals surface area contributed by atoms with E-state index in [0.29, 0.717) is 13.1 Å². The average Bonchev–Trinajstić information content (AvgIpc) is 2.39. The van der Waals surface area contributed by atoms with E-state index in [1.807, 2.05) is 19.0 Å². The van der Waals surface area contributed by atoms with Crippen molar-refractivity contribution in [2.24, 2.45) is 0 Å². The highest BCUT2D eigenvalue weighted by Gasteiger charge is 2.19. The highest BCUT2D eigenvalue weighted by Crippen LogP contribution is 2.15. The predicted octanol–water partition coefficient (Wildman–Crippen LogP) is 2.52. The molecule has 3 nitrogen and oxygen atoms in total. The molecule has 0 aliphatic heterocycles. The zero-order chi connectivity index (χ0) is 15.3. The van der Waals surface area contributed by atoms with Gasteiger partial charge in [-0.2, -0.15) is 0 Å². The largest absolute Gasteiger partial charge is 0.339 e. The number of halogens is 3. The van der Waals surface area contributed by atoms with Gasteiger partial charge in [0, 0.05) is 18.7 Å². The normalized spacial score (nSPS) is 10.9. The molecule has 0 heterocycles. The van der Waals surface area contributed by atoms with Gasteiger partial charge in [-0.25, -0.2) is 13.2 Å². The molecule has 0 saturated carbocycles. The Morgan fingerprint density at radius 1 is 1.10 bits per heavy atom. The summed E-state index contributed by atoms with van der Waals surface area (Å²) in [7, 11) is 3.84. The fourth-order valence-electron chi connectivity index (χ4n) is 1.84. The van der Waals surface area contributed by atoms with Crippen molar-refractivity contribution in [3.63, 3.8) is 0 Å². The molecule has 0 radical (unpaired) electrons. The Morgan fingerprint density at radius 3 is 2.10 bits per heavy atom. The standard InChI is InChI=1S/C14H19F3N2O/c1-4-19(7-5-6-18(2)3)14(20)10-8-11(15)13(17)12(16)9-10/h8-9H,4-7H2,1-3H3. The van der Waals surface area contributed by atoms with Crippen molar-refractivity contribution in [1.82, 2.24) is 9.80 Å². The summed E-state index contributed by atoms with van der Waals surface area (Å²) in [5.74, 6) is -4.75. The molecule has 0 saturated heterocycles. The number of amides is 1. The number of rotatable bonds is 6. The molecule has 0 aliphatic rings. The minimum Gasteiger partial charge on any atom is -0.339 e. The van der Waals surface area contributed by atoms with Crippen molar-refractivity contribution in [2.45, 2.75) is 13.3 Å². The first kappa shape index (κ1) is 16.5. The van der Waals surface area contributed by atoms with E-state index < -0.39 is 23.4 Å². The molecule has 0 N–H and O–H groups in total. The zero-order valence-corrected chi connectivity index (χ0v) is 11.9. The molecule has 112 valence electrons. The molecular formula is C14H19F3N2O. The Balaban J connectivity index is 2.80. The smallest absolute Gasteiger partial charge is 0.254 e. The lowest BCUT2D eigenvalue weighted by Crippen LogP contribution is -2.33. The number of hydrogen-bond acceptors (Lipinski definition) is 2. The van der Waals surface area contributed by atoms with E-state index in [4.69, 9.17) is 0 Å². The van der Waals surface area contributed by atoms with Gasteiger partial charge < -0.3 is 9.80 Å². The van der Waals surface area contributed by atoms with Crippen LogP contribution in [0.1, 0.15) is 23.7 Å². The van der Waals surface area contributed by atoms with Crippen LogP contribution in [0.15, 0.2) is 12.1 Å². The van der Waals surface area contributed by atoms with Gasteiger partial charge in [0.2, 0.25) is 0 Å². The Bertz CT molecular complexity index is 454. The van der Waals surface area contributed by atoms with Crippen LogP contribution >= 0.6 is 0 Å². The van der Waals surface area contributed by atoms with E-state index in [1.54, 1.807) is 6.92 Å². The molecule has 0 aromatic heterocycles. The van der Waals surface area contributed by atoms with E-state index in [0.717, 1.165) is 25.1 Å². The molecule has 0 atom stereocenters. The van der Waals surface area contributed by atoms with Crippen molar-refractivity contribution in [1.29, 1.82) is 0 Å². The van der Waals surface area contributed by atoms with Gasteiger partial charge in [-0.3, -0.25) is 4.79 Å². The lowest BCUT2D eigenvalue weighted by Gasteiger charge is -2.22. The van der Waals surface area contributed by atoms with Gasteiger partial charge in [-0.05, 0) is 46.1 Å². The first-order valence-electron chi connectivity index (χ1n) is 6.45. The summed E-state index contributed by atoms with van der Waals surface area (Å²) < 4.78 is 39.1. The van der Waals surface area contributed by atoms with Gasteiger partial charge >= 0.3 is 0 Å². The predicted molar refractivity (Wildman–Crippen MR) is 71.1 cm³/mol. The van der Waals surface area contributed by atoms with Crippen molar-refractivity contribution in [3.8, 4) is 0 Å². The molecule has 0 spiro atoms. The number of hydrogen-bond donors (Lipinski definition) is 0. The minimum absolute atomic E-state index is 0.173. The summed E-state index contributed by atoms with van der Waals surface area (Å²) in [6.07, 6.45) is 0.749. The highest BCUT2D eigenvalue weighted by atomic mass is 19.2. The van der Waals surface area contributed by atoms with Crippen molar-refractivity contribution in [2.75, 3.05) is 33.7 Å². The van der Waals surface area contributed by atoms with Crippen LogP contribution in [0.3, 0.4) is 0 Å². The summed E-state index contributed by atoms with van der Waals surface area (Å²) >= 11 is 0. The molecule has 0 aliphatic carbocycles. The SMILES string of the molecule is CCN(CCCN(C)C)C(=O)c1cc(F)c(F)c(F)c1. The maximum absolute atomic E-state index is 13.1. The van der Waals surface area contributed by atoms with Gasteiger partial charge in [-0.1, -0.05) is 0 Å². The van der Waals surface area contributed by atoms with Crippen LogP contribution in [-0.4, -0.2) is 49.4 Å². The summed E-state index contributed by atoms with van der Waals surface area (Å²) in [4.78, 5) is 15.6. The Kier molecular flexibility index (Phi) is 6.01. The summed E-state index contributed by atoms with van der Waals surface area (Å²) in [6.45, 7) is 3.49. The van der Waals surface area contributed by atoms with Gasteiger partial charge in [0.25, 0.3) is 5.91 Å². The van der Waals surface area contributed by atoms with Gasteiger partial charge in [0.1, 0.15) is 0 Å². The molecule has 1 aromatic carbocycles. The van der Waals surface area contributed by atoms with E-state index in [2.05, 4.69) is 0 Å². The minimum atomic E-state index is -1.56. The Hall–Kier alpha value is -1.56. The summed E-state index contributed by atoms with van der Waals surface area (Å²) in [5, 5.41) is 0. The van der Waals surface area contributed by atoms with Crippen LogP contribution in [-0.2, 0) is 0 Å². The van der Waals surface area contributed by atoms with Gasteiger partial charge in [0.05, 0.1) is 0 Å². The third kappa shape index (κ3) is 4.23. The Labute approximate surface area is 117 Å². The van der Waals surface area contributed by atoms with Gasteiger partial charge in [0.15, 0.2) is 17.5 Å². The van der Waals surface area contributed by atoms with Crippen molar-refractivity contribution in [3.05, 3.63) is 35.1 Å². The first-order valence-corrected chi connectivity index (χ1v) is 6.45. The summed E-state index contributed by atoms with van der Waals surface area (Å²) in [5.41, 5.74) is -0.173. The van der Waals surface area contributed by atoms with E-state index >= 15 is 0 Å². The van der Waals surface area contributed by atoms with E-state index in [1.165, 1.54) is 4.90 Å². The van der Waals surface area contributed by atoms with Crippen molar-refractivity contribution >= 4 is 5.91 Å². The molecular weight excluding hydrogens is 269 g/mol. The summed E-state index contributed by atoms with van der Waals surface area (Å²) in [6, 6.07) is 1.46. The van der Waals surface area contributed by atoms with Crippen LogP contribution in [0, 0.1) is 17.5 Å². The van der Waals surface area contributed by atoms with E-state index in [-0.39, 0.29) is 5.56 Å². The Morgan fingerprint density at radius 2 is 1.65 bits per heavy atom. The molecule has 1 rings (SSSR count). The fraction of sp³-hybridized carbons (Fsp3) is 0.500. The third-order valence-electron chi connectivity index (χ3n) is 2.93. The second-order valence-corrected chi connectivity index (χ2v) is 4.80. The average molecular weight is 288 g/mol. The lowest BCUT2D eigenvalue weighted by molar-refractivity contribution is 0.0758. The molecule has 20 heavy (non-hydrogen) atoms. The number of nitrogens with zero attached hydrogens (tertiary/aromatic N) is 2. The van der Waals surface area contributed by atoms with Crippen LogP contribution in [0.25, 0.3) is 0 Å². The monoisotopic (exact) mass is 288 g/mol. The molecule has 0 fully saturated rings. The number of benzene rings is 1. The van der Waals surface area contributed by atoms with Crippen molar-refractivity contribution < 1.29 is 18.0 Å². The maximum Gasteiger partial charge on any atom is 0.254 e. The second-order valence-electron chi connectivity index (χ2n) is 4.80. The highest BCUT2D eigenvalue weighted by molar-refractivity contribution is 5.94. The second kappa shape index (κ2) is 7.28. The molecule has 1 amide bonds. The zero-order valence-electron chi connectivity index (χ0n) is 11.9. The molecule has 1 aromatic rings. The molecule has 6 heteroatoms. The van der Waals surface area contributed by atoms with E-state index in [9.17, 15) is 18.0 Å². The van der Waals surface area contributed by atoms with Gasteiger partial charge in [-0.15, -0.1) is 0 Å². The number of carbonyl (C=O) groups excluding carboxylic acids is 1. The van der Waals surface area contributed by atoms with Crippen LogP contribution in [0.2, 0.25) is 0 Å². The lowest BCUT2D eigenvalue weighted by atomic mass is 10.1. The number of carbonyl (C=O) groups is 1. The van der Waals surface area contributed by atoms with Crippen LogP contribution in [0.5, 0.6) is 0 Å². The maximum atomic E-state index is 13.1. The topological polar surface area (TPSA) is 23.6 Å². The third-order valence-corrected chi connectivity index (χ3v) is 2.93. The first-order chi connectivity index (χ1) is 9.36. The quantitative estimate of drug-likeness (QED) is 0.751.